The first kappa shape index (κ1) is 13.2. The molecule has 0 aliphatic carbocycles. The van der Waals surface area contributed by atoms with Gasteiger partial charge in [0.25, 0.3) is 0 Å². The molecule has 1 rings (SSSR count). The Morgan fingerprint density at radius 3 is 2.75 bits per heavy atom. The second-order valence-electron chi connectivity index (χ2n) is 4.93. The van der Waals surface area contributed by atoms with Gasteiger partial charge in [-0.15, -0.1) is 0 Å². The topological polar surface area (TPSA) is 29.9 Å². The Labute approximate surface area is 99.2 Å². The van der Waals surface area contributed by atoms with Gasteiger partial charge >= 0.3 is 0 Å². The van der Waals surface area contributed by atoms with E-state index in [4.69, 9.17) is 0 Å². The predicted molar refractivity (Wildman–Crippen MR) is 68.3 cm³/mol. The van der Waals surface area contributed by atoms with Crippen molar-refractivity contribution in [2.45, 2.75) is 59.7 Å². The zero-order chi connectivity index (χ0) is 12.0. The van der Waals surface area contributed by atoms with Crippen LogP contribution in [0.2, 0.25) is 0 Å². The van der Waals surface area contributed by atoms with E-state index >= 15 is 0 Å². The third-order valence-electron chi connectivity index (χ3n) is 2.76. The predicted octanol–water partition coefficient (Wildman–Crippen LogP) is 2.82. The monoisotopic (exact) mass is 223 g/mol. The molecule has 1 heterocycles. The Hall–Kier alpha value is -0.830. The van der Waals surface area contributed by atoms with Crippen molar-refractivity contribution in [2.75, 3.05) is 0 Å². The minimum atomic E-state index is 0.524. The molecular weight excluding hydrogens is 198 g/mol. The summed E-state index contributed by atoms with van der Waals surface area (Å²) in [6.45, 7) is 10.8. The van der Waals surface area contributed by atoms with Gasteiger partial charge in [0.2, 0.25) is 0 Å². The third-order valence-corrected chi connectivity index (χ3v) is 2.76. The van der Waals surface area contributed by atoms with Gasteiger partial charge in [0.15, 0.2) is 0 Å². The summed E-state index contributed by atoms with van der Waals surface area (Å²) in [5.74, 6) is 0.711. The molecule has 1 unspecified atom stereocenters. The van der Waals surface area contributed by atoms with E-state index in [-0.39, 0.29) is 0 Å². The van der Waals surface area contributed by atoms with Crippen molar-refractivity contribution >= 4 is 0 Å². The first-order valence-electron chi connectivity index (χ1n) is 6.37. The molecule has 1 aromatic rings. The fourth-order valence-electron chi connectivity index (χ4n) is 1.86. The molecule has 0 aromatic carbocycles. The number of rotatable bonds is 7. The molecule has 3 heteroatoms. The van der Waals surface area contributed by atoms with Crippen LogP contribution in [-0.2, 0) is 13.1 Å². The molecule has 0 saturated carbocycles. The fraction of sp³-hybridized carbons (Fsp3) is 0.769. The summed E-state index contributed by atoms with van der Waals surface area (Å²) in [7, 11) is 0. The van der Waals surface area contributed by atoms with Crippen molar-refractivity contribution in [1.29, 1.82) is 0 Å². The first-order chi connectivity index (χ1) is 7.63. The molecular formula is C13H25N3. The number of nitrogens with zero attached hydrogens (tertiary/aromatic N) is 2. The molecule has 92 valence electrons. The van der Waals surface area contributed by atoms with Gasteiger partial charge in [-0.25, -0.2) is 0 Å². The molecule has 0 fully saturated rings. The maximum atomic E-state index is 4.39. The number of hydrogen-bond acceptors (Lipinski definition) is 2. The largest absolute Gasteiger partial charge is 0.309 e. The van der Waals surface area contributed by atoms with Crippen molar-refractivity contribution in [3.63, 3.8) is 0 Å². The van der Waals surface area contributed by atoms with E-state index < -0.39 is 0 Å². The molecule has 0 spiro atoms. The number of nitrogens with one attached hydrogen (secondary N) is 1. The highest BCUT2D eigenvalue weighted by Crippen LogP contribution is 2.10. The van der Waals surface area contributed by atoms with Gasteiger partial charge in [0.05, 0.1) is 5.69 Å². The average Bonchev–Trinajstić information content (AvgIpc) is 2.62. The Bertz CT molecular complexity index is 291. The molecule has 0 saturated heterocycles. The van der Waals surface area contributed by atoms with Crippen LogP contribution in [0.1, 0.15) is 46.2 Å². The summed E-state index contributed by atoms with van der Waals surface area (Å²) in [5, 5.41) is 7.83. The van der Waals surface area contributed by atoms with Gasteiger partial charge in [-0.1, -0.05) is 34.1 Å². The fourth-order valence-corrected chi connectivity index (χ4v) is 1.86. The van der Waals surface area contributed by atoms with Crippen LogP contribution in [0.25, 0.3) is 0 Å². The Balaban J connectivity index is 2.49. The van der Waals surface area contributed by atoms with E-state index in [1.54, 1.807) is 0 Å². The minimum Gasteiger partial charge on any atom is -0.309 e. The summed E-state index contributed by atoms with van der Waals surface area (Å²) >= 11 is 0. The van der Waals surface area contributed by atoms with E-state index in [1.807, 2.05) is 6.20 Å². The van der Waals surface area contributed by atoms with Crippen molar-refractivity contribution in [2.24, 2.45) is 5.92 Å². The molecule has 1 atom stereocenters. The van der Waals surface area contributed by atoms with Gasteiger partial charge in [-0.3, -0.25) is 4.68 Å². The maximum absolute atomic E-state index is 4.39. The van der Waals surface area contributed by atoms with E-state index in [1.165, 1.54) is 18.5 Å². The van der Waals surface area contributed by atoms with Crippen LogP contribution in [0.15, 0.2) is 12.3 Å². The average molecular weight is 223 g/mol. The van der Waals surface area contributed by atoms with Crippen LogP contribution in [0.3, 0.4) is 0 Å². The lowest BCUT2D eigenvalue weighted by molar-refractivity contribution is 0.405. The van der Waals surface area contributed by atoms with Crippen LogP contribution in [0, 0.1) is 5.92 Å². The Morgan fingerprint density at radius 2 is 2.12 bits per heavy atom. The van der Waals surface area contributed by atoms with Gasteiger partial charge in [-0.05, 0) is 18.4 Å². The van der Waals surface area contributed by atoms with E-state index in [2.05, 4.69) is 48.9 Å². The summed E-state index contributed by atoms with van der Waals surface area (Å²) in [6, 6.07) is 2.63. The minimum absolute atomic E-state index is 0.524. The molecule has 0 amide bonds. The number of hydrogen-bond donors (Lipinski definition) is 1. The molecule has 0 bridgehead atoms. The van der Waals surface area contributed by atoms with E-state index in [9.17, 15) is 0 Å². The number of aromatic nitrogens is 2. The summed E-state index contributed by atoms with van der Waals surface area (Å²) in [6.07, 6.45) is 4.43. The van der Waals surface area contributed by atoms with Crippen molar-refractivity contribution in [3.05, 3.63) is 18.0 Å². The van der Waals surface area contributed by atoms with Crippen LogP contribution in [0.5, 0.6) is 0 Å². The second-order valence-corrected chi connectivity index (χ2v) is 4.93. The zero-order valence-corrected chi connectivity index (χ0v) is 11.0. The molecule has 0 aliphatic rings. The van der Waals surface area contributed by atoms with E-state index in [0.29, 0.717) is 12.0 Å². The standard InChI is InChI=1S/C13H25N3/c1-5-6-12(4)10-16-13(7-8-15-16)9-14-11(2)3/h7-8,11-12,14H,5-6,9-10H2,1-4H3. The first-order valence-corrected chi connectivity index (χ1v) is 6.37. The van der Waals surface area contributed by atoms with Crippen molar-refractivity contribution in [1.82, 2.24) is 15.1 Å². The normalized spacial score (nSPS) is 13.3. The molecule has 3 nitrogen and oxygen atoms in total. The summed E-state index contributed by atoms with van der Waals surface area (Å²) < 4.78 is 2.13. The lowest BCUT2D eigenvalue weighted by atomic mass is 10.1. The van der Waals surface area contributed by atoms with Gasteiger partial charge < -0.3 is 5.32 Å². The quantitative estimate of drug-likeness (QED) is 0.770. The molecule has 0 radical (unpaired) electrons. The van der Waals surface area contributed by atoms with Crippen molar-refractivity contribution < 1.29 is 0 Å². The maximum Gasteiger partial charge on any atom is 0.0522 e. The summed E-state index contributed by atoms with van der Waals surface area (Å²) in [5.41, 5.74) is 1.29. The van der Waals surface area contributed by atoms with Gasteiger partial charge in [-0.2, -0.15) is 5.10 Å². The molecule has 0 aliphatic heterocycles. The van der Waals surface area contributed by atoms with Gasteiger partial charge in [0, 0.05) is 25.3 Å². The SMILES string of the molecule is CCCC(C)Cn1nccc1CNC(C)C. The molecule has 1 aromatic heterocycles. The smallest absolute Gasteiger partial charge is 0.0522 e. The van der Waals surface area contributed by atoms with Gasteiger partial charge in [0.1, 0.15) is 0 Å². The lowest BCUT2D eigenvalue weighted by Gasteiger charge is -2.14. The zero-order valence-electron chi connectivity index (χ0n) is 11.0. The highest BCUT2D eigenvalue weighted by Gasteiger charge is 2.07. The highest BCUT2D eigenvalue weighted by molar-refractivity contribution is 5.00. The van der Waals surface area contributed by atoms with Crippen molar-refractivity contribution in [3.8, 4) is 0 Å². The summed E-state index contributed by atoms with van der Waals surface area (Å²) in [4.78, 5) is 0. The molecule has 1 N–H and O–H groups in total. The Morgan fingerprint density at radius 1 is 1.38 bits per heavy atom. The van der Waals surface area contributed by atoms with Crippen LogP contribution in [0.4, 0.5) is 0 Å². The molecule has 16 heavy (non-hydrogen) atoms. The van der Waals surface area contributed by atoms with Crippen LogP contribution < -0.4 is 5.32 Å². The highest BCUT2D eigenvalue weighted by atomic mass is 15.3. The third kappa shape index (κ3) is 4.35. The Kier molecular flexibility index (Phi) is 5.53. The van der Waals surface area contributed by atoms with Crippen LogP contribution in [-0.4, -0.2) is 15.8 Å². The van der Waals surface area contributed by atoms with E-state index in [0.717, 1.165) is 13.1 Å². The lowest BCUT2D eigenvalue weighted by Crippen LogP contribution is -2.24. The second kappa shape index (κ2) is 6.69. The van der Waals surface area contributed by atoms with Crippen LogP contribution >= 0.6 is 0 Å².